The predicted octanol–water partition coefficient (Wildman–Crippen LogP) is 3.24. The number of pyridine rings is 1. The second-order valence-electron chi connectivity index (χ2n) is 6.56. The van der Waals surface area contributed by atoms with Crippen LogP contribution in [0.3, 0.4) is 0 Å². The number of likely N-dealkylation sites (tertiary alicyclic amines) is 1. The summed E-state index contributed by atoms with van der Waals surface area (Å²) >= 11 is 0. The molecule has 0 radical (unpaired) electrons. The van der Waals surface area contributed by atoms with Crippen molar-refractivity contribution in [3.05, 3.63) is 78.1 Å². The van der Waals surface area contributed by atoms with Crippen molar-refractivity contribution >= 4 is 16.7 Å². The van der Waals surface area contributed by atoms with Gasteiger partial charge in [0.25, 0.3) is 5.91 Å². The Balaban J connectivity index is 1.41. The molecule has 0 bridgehead atoms. The average molecular weight is 331 g/mol. The third-order valence-electron chi connectivity index (χ3n) is 4.75. The molecule has 3 aromatic rings. The van der Waals surface area contributed by atoms with Crippen molar-refractivity contribution in [2.45, 2.75) is 19.0 Å². The number of fused-ring (bicyclic) bond motifs is 1. The Hall–Kier alpha value is -2.72. The molecule has 2 aromatic carbocycles. The number of hydrogen-bond donors (Lipinski definition) is 1. The van der Waals surface area contributed by atoms with Gasteiger partial charge in [0.15, 0.2) is 0 Å². The SMILES string of the molecule is O=C(N[C@H]1CCN(Cc2ccccc2)C1)c1nccc2ccccc12. The average Bonchev–Trinajstić information content (AvgIpc) is 3.09. The molecule has 1 N–H and O–H groups in total. The van der Waals surface area contributed by atoms with Crippen LogP contribution in [0.25, 0.3) is 10.8 Å². The van der Waals surface area contributed by atoms with Crippen LogP contribution in [0, 0.1) is 0 Å². The molecule has 4 nitrogen and oxygen atoms in total. The van der Waals surface area contributed by atoms with Gasteiger partial charge >= 0.3 is 0 Å². The van der Waals surface area contributed by atoms with Crippen LogP contribution < -0.4 is 5.32 Å². The standard InChI is InChI=1S/C21H21N3O/c25-21(20-19-9-5-4-8-17(19)10-12-22-20)23-18-11-13-24(15-18)14-16-6-2-1-3-7-16/h1-10,12,18H,11,13-15H2,(H,23,25)/t18-/m0/s1. The van der Waals surface area contributed by atoms with E-state index in [-0.39, 0.29) is 11.9 Å². The molecular weight excluding hydrogens is 310 g/mol. The quantitative estimate of drug-likeness (QED) is 0.798. The second-order valence-corrected chi connectivity index (χ2v) is 6.56. The lowest BCUT2D eigenvalue weighted by Gasteiger charge is -2.17. The maximum atomic E-state index is 12.7. The Kier molecular flexibility index (Phi) is 4.44. The van der Waals surface area contributed by atoms with Gasteiger partial charge in [-0.1, -0.05) is 54.6 Å². The van der Waals surface area contributed by atoms with Gasteiger partial charge in [0.05, 0.1) is 0 Å². The van der Waals surface area contributed by atoms with E-state index in [0.29, 0.717) is 5.69 Å². The minimum atomic E-state index is -0.0802. The molecule has 1 aliphatic heterocycles. The van der Waals surface area contributed by atoms with Gasteiger partial charge in [0, 0.05) is 37.3 Å². The van der Waals surface area contributed by atoms with Gasteiger partial charge in [-0.15, -0.1) is 0 Å². The normalized spacial score (nSPS) is 17.7. The number of carbonyl (C=O) groups excluding carboxylic acids is 1. The van der Waals surface area contributed by atoms with E-state index in [2.05, 4.69) is 39.5 Å². The number of benzene rings is 2. The molecule has 0 unspecified atom stereocenters. The van der Waals surface area contributed by atoms with Crippen LogP contribution in [-0.2, 0) is 6.54 Å². The minimum Gasteiger partial charge on any atom is -0.347 e. The van der Waals surface area contributed by atoms with Crippen molar-refractivity contribution in [3.63, 3.8) is 0 Å². The molecule has 1 aromatic heterocycles. The van der Waals surface area contributed by atoms with Gasteiger partial charge in [-0.3, -0.25) is 14.7 Å². The van der Waals surface area contributed by atoms with E-state index in [1.165, 1.54) is 5.56 Å². The highest BCUT2D eigenvalue weighted by Crippen LogP contribution is 2.18. The maximum Gasteiger partial charge on any atom is 0.270 e. The van der Waals surface area contributed by atoms with Crippen molar-refractivity contribution in [3.8, 4) is 0 Å². The predicted molar refractivity (Wildman–Crippen MR) is 99.3 cm³/mol. The Morgan fingerprint density at radius 3 is 2.76 bits per heavy atom. The van der Waals surface area contributed by atoms with Crippen molar-refractivity contribution in [1.29, 1.82) is 0 Å². The summed E-state index contributed by atoms with van der Waals surface area (Å²) in [4.78, 5) is 19.4. The number of aromatic nitrogens is 1. The van der Waals surface area contributed by atoms with Gasteiger partial charge in [-0.05, 0) is 23.4 Å². The summed E-state index contributed by atoms with van der Waals surface area (Å²) in [5.41, 5.74) is 1.82. The lowest BCUT2D eigenvalue weighted by atomic mass is 10.1. The van der Waals surface area contributed by atoms with Crippen LogP contribution in [0.5, 0.6) is 0 Å². The summed E-state index contributed by atoms with van der Waals surface area (Å²) in [5, 5.41) is 5.11. The molecule has 1 atom stereocenters. The molecule has 2 heterocycles. The first-order valence-corrected chi connectivity index (χ1v) is 8.70. The Labute approximate surface area is 147 Å². The molecule has 1 fully saturated rings. The molecule has 126 valence electrons. The number of amides is 1. The van der Waals surface area contributed by atoms with E-state index in [1.807, 2.05) is 36.4 Å². The van der Waals surface area contributed by atoms with E-state index >= 15 is 0 Å². The van der Waals surface area contributed by atoms with Crippen LogP contribution in [0.1, 0.15) is 22.5 Å². The summed E-state index contributed by atoms with van der Waals surface area (Å²) in [6.45, 7) is 2.81. The molecule has 0 spiro atoms. The Morgan fingerprint density at radius 1 is 1.08 bits per heavy atom. The molecule has 25 heavy (non-hydrogen) atoms. The first-order chi connectivity index (χ1) is 12.3. The molecule has 1 aliphatic rings. The van der Waals surface area contributed by atoms with Gasteiger partial charge in [0.2, 0.25) is 0 Å². The summed E-state index contributed by atoms with van der Waals surface area (Å²) in [7, 11) is 0. The largest absolute Gasteiger partial charge is 0.347 e. The van der Waals surface area contributed by atoms with Crippen LogP contribution in [0.15, 0.2) is 66.9 Å². The van der Waals surface area contributed by atoms with Crippen molar-refractivity contribution in [2.24, 2.45) is 0 Å². The third-order valence-corrected chi connectivity index (χ3v) is 4.75. The number of rotatable bonds is 4. The summed E-state index contributed by atoms with van der Waals surface area (Å²) in [5.74, 6) is -0.0802. The smallest absolute Gasteiger partial charge is 0.270 e. The highest BCUT2D eigenvalue weighted by Gasteiger charge is 2.25. The van der Waals surface area contributed by atoms with Gasteiger partial charge in [-0.25, -0.2) is 0 Å². The van der Waals surface area contributed by atoms with E-state index in [1.54, 1.807) is 6.20 Å². The summed E-state index contributed by atoms with van der Waals surface area (Å²) < 4.78 is 0. The van der Waals surface area contributed by atoms with Crippen LogP contribution >= 0.6 is 0 Å². The second kappa shape index (κ2) is 7.03. The summed E-state index contributed by atoms with van der Waals surface area (Å²) in [6.07, 6.45) is 2.68. The molecule has 0 saturated carbocycles. The number of carbonyl (C=O) groups is 1. The number of nitrogens with zero attached hydrogens (tertiary/aromatic N) is 2. The Bertz CT molecular complexity index is 873. The van der Waals surface area contributed by atoms with Crippen LogP contribution in [0.2, 0.25) is 0 Å². The molecule has 1 saturated heterocycles. The Morgan fingerprint density at radius 2 is 1.88 bits per heavy atom. The minimum absolute atomic E-state index is 0.0802. The lowest BCUT2D eigenvalue weighted by Crippen LogP contribution is -2.37. The van der Waals surface area contributed by atoms with Gasteiger partial charge < -0.3 is 5.32 Å². The van der Waals surface area contributed by atoms with Crippen LogP contribution in [-0.4, -0.2) is 34.9 Å². The first-order valence-electron chi connectivity index (χ1n) is 8.70. The first kappa shape index (κ1) is 15.8. The molecule has 0 aliphatic carbocycles. The highest BCUT2D eigenvalue weighted by atomic mass is 16.2. The number of nitrogens with one attached hydrogen (secondary N) is 1. The van der Waals surface area contributed by atoms with Crippen molar-refractivity contribution < 1.29 is 4.79 Å². The zero-order chi connectivity index (χ0) is 17.1. The maximum absolute atomic E-state index is 12.7. The van der Waals surface area contributed by atoms with Gasteiger partial charge in [0.1, 0.15) is 5.69 Å². The zero-order valence-corrected chi connectivity index (χ0v) is 14.1. The fourth-order valence-electron chi connectivity index (χ4n) is 3.49. The molecule has 4 heteroatoms. The third kappa shape index (κ3) is 3.54. The molecule has 1 amide bonds. The number of hydrogen-bond acceptors (Lipinski definition) is 3. The van der Waals surface area contributed by atoms with Crippen LogP contribution in [0.4, 0.5) is 0 Å². The van der Waals surface area contributed by atoms with E-state index in [9.17, 15) is 4.79 Å². The van der Waals surface area contributed by atoms with E-state index in [0.717, 1.165) is 36.8 Å². The van der Waals surface area contributed by atoms with E-state index in [4.69, 9.17) is 0 Å². The van der Waals surface area contributed by atoms with Gasteiger partial charge in [-0.2, -0.15) is 0 Å². The topological polar surface area (TPSA) is 45.2 Å². The van der Waals surface area contributed by atoms with Crippen molar-refractivity contribution in [2.75, 3.05) is 13.1 Å². The monoisotopic (exact) mass is 331 g/mol. The van der Waals surface area contributed by atoms with Crippen molar-refractivity contribution in [1.82, 2.24) is 15.2 Å². The highest BCUT2D eigenvalue weighted by molar-refractivity contribution is 6.05. The lowest BCUT2D eigenvalue weighted by molar-refractivity contribution is 0.0934. The fraction of sp³-hybridized carbons (Fsp3) is 0.238. The van der Waals surface area contributed by atoms with E-state index < -0.39 is 0 Å². The molecular formula is C21H21N3O. The molecule has 4 rings (SSSR count). The summed E-state index contributed by atoms with van der Waals surface area (Å²) in [6, 6.07) is 20.4. The zero-order valence-electron chi connectivity index (χ0n) is 14.1. The fourth-order valence-corrected chi connectivity index (χ4v) is 3.49.